The fourth-order valence-corrected chi connectivity index (χ4v) is 3.72. The van der Waals surface area contributed by atoms with Crippen LogP contribution in [0.15, 0.2) is 48.5 Å². The van der Waals surface area contributed by atoms with Crippen molar-refractivity contribution in [2.75, 3.05) is 12.3 Å². The van der Waals surface area contributed by atoms with Crippen LogP contribution in [0.2, 0.25) is 0 Å². The molecule has 8 heteroatoms. The van der Waals surface area contributed by atoms with E-state index in [1.807, 2.05) is 38.1 Å². The molecule has 0 spiro atoms. The highest BCUT2D eigenvalue weighted by Gasteiger charge is 2.25. The van der Waals surface area contributed by atoms with Gasteiger partial charge >= 0.3 is 0 Å². The second-order valence-corrected chi connectivity index (χ2v) is 7.98. The fourth-order valence-electron chi connectivity index (χ4n) is 2.85. The first-order valence-electron chi connectivity index (χ1n) is 9.75. The number of nitro benzene ring substituents is 1. The Kier molecular flexibility index (Phi) is 8.86. The summed E-state index contributed by atoms with van der Waals surface area (Å²) < 4.78 is 0. The van der Waals surface area contributed by atoms with Crippen LogP contribution < -0.4 is 5.32 Å². The molecule has 0 saturated carbocycles. The predicted molar refractivity (Wildman–Crippen MR) is 119 cm³/mol. The Morgan fingerprint density at radius 3 is 2.27 bits per heavy atom. The molecule has 0 radical (unpaired) electrons. The molecule has 1 atom stereocenters. The largest absolute Gasteiger partial charge is 0.355 e. The van der Waals surface area contributed by atoms with Gasteiger partial charge in [0.2, 0.25) is 11.8 Å². The summed E-state index contributed by atoms with van der Waals surface area (Å²) >= 11 is 1.42. The molecule has 0 aliphatic carbocycles. The van der Waals surface area contributed by atoms with Gasteiger partial charge in [-0.1, -0.05) is 42.0 Å². The van der Waals surface area contributed by atoms with Crippen molar-refractivity contribution in [1.82, 2.24) is 10.2 Å². The van der Waals surface area contributed by atoms with Gasteiger partial charge in [-0.15, -0.1) is 11.8 Å². The minimum absolute atomic E-state index is 0.0415. The summed E-state index contributed by atoms with van der Waals surface area (Å²) in [6, 6.07) is 13.6. The number of nitrogens with one attached hydrogen (secondary N) is 1. The van der Waals surface area contributed by atoms with Crippen LogP contribution >= 0.6 is 11.8 Å². The topological polar surface area (TPSA) is 92.6 Å². The van der Waals surface area contributed by atoms with Gasteiger partial charge in [-0.2, -0.15) is 0 Å². The van der Waals surface area contributed by atoms with E-state index in [0.717, 1.165) is 16.7 Å². The minimum Gasteiger partial charge on any atom is -0.355 e. The van der Waals surface area contributed by atoms with E-state index in [-0.39, 0.29) is 23.3 Å². The highest BCUT2D eigenvalue weighted by molar-refractivity contribution is 7.99. The Morgan fingerprint density at radius 2 is 1.70 bits per heavy atom. The van der Waals surface area contributed by atoms with Crippen LogP contribution in [0.4, 0.5) is 5.69 Å². The second-order valence-electron chi connectivity index (χ2n) is 6.99. The van der Waals surface area contributed by atoms with Gasteiger partial charge < -0.3 is 10.2 Å². The Morgan fingerprint density at radius 1 is 1.10 bits per heavy atom. The zero-order chi connectivity index (χ0) is 22.1. The smallest absolute Gasteiger partial charge is 0.269 e. The number of hydrogen-bond donors (Lipinski definition) is 1. The van der Waals surface area contributed by atoms with Gasteiger partial charge in [0.05, 0.1) is 10.7 Å². The van der Waals surface area contributed by atoms with Crippen LogP contribution in [0.3, 0.4) is 0 Å². The molecule has 0 heterocycles. The maximum Gasteiger partial charge on any atom is 0.269 e. The van der Waals surface area contributed by atoms with Crippen molar-refractivity contribution in [3.8, 4) is 0 Å². The molecule has 30 heavy (non-hydrogen) atoms. The Labute approximate surface area is 181 Å². The van der Waals surface area contributed by atoms with E-state index < -0.39 is 11.0 Å². The lowest BCUT2D eigenvalue weighted by molar-refractivity contribution is -0.384. The number of non-ortho nitro benzene ring substituents is 1. The molecular formula is C22H27N3O4S. The molecule has 0 aliphatic rings. The van der Waals surface area contributed by atoms with E-state index >= 15 is 0 Å². The van der Waals surface area contributed by atoms with Crippen LogP contribution in [0.1, 0.15) is 30.5 Å². The molecule has 2 aromatic carbocycles. The average Bonchev–Trinajstić information content (AvgIpc) is 2.73. The fraction of sp³-hybridized carbons (Fsp3) is 0.364. The van der Waals surface area contributed by atoms with E-state index in [1.165, 1.54) is 23.9 Å². The van der Waals surface area contributed by atoms with Crippen LogP contribution in [0.5, 0.6) is 0 Å². The van der Waals surface area contributed by atoms with Gasteiger partial charge in [0, 0.05) is 31.0 Å². The van der Waals surface area contributed by atoms with E-state index in [4.69, 9.17) is 0 Å². The van der Waals surface area contributed by atoms with Crippen molar-refractivity contribution in [2.45, 2.75) is 39.1 Å². The molecule has 2 rings (SSSR count). The first-order valence-corrected chi connectivity index (χ1v) is 10.9. The van der Waals surface area contributed by atoms with E-state index in [2.05, 4.69) is 5.32 Å². The van der Waals surface area contributed by atoms with E-state index in [0.29, 0.717) is 18.8 Å². The number of amides is 2. The first-order chi connectivity index (χ1) is 14.3. The summed E-state index contributed by atoms with van der Waals surface area (Å²) in [6.07, 6.45) is 0. The highest BCUT2D eigenvalue weighted by Crippen LogP contribution is 2.18. The number of nitro groups is 1. The molecule has 160 valence electrons. The molecule has 2 amide bonds. The van der Waals surface area contributed by atoms with Gasteiger partial charge in [-0.05, 0) is 31.9 Å². The molecular weight excluding hydrogens is 402 g/mol. The van der Waals surface area contributed by atoms with Crippen molar-refractivity contribution < 1.29 is 14.5 Å². The zero-order valence-corrected chi connectivity index (χ0v) is 18.3. The summed E-state index contributed by atoms with van der Waals surface area (Å²) in [4.78, 5) is 37.2. The monoisotopic (exact) mass is 429 g/mol. The minimum atomic E-state index is -0.585. The number of thioether (sulfide) groups is 1. The number of hydrogen-bond acceptors (Lipinski definition) is 5. The van der Waals surface area contributed by atoms with E-state index in [1.54, 1.807) is 24.0 Å². The number of rotatable bonds is 10. The molecule has 2 aromatic rings. The van der Waals surface area contributed by atoms with Crippen molar-refractivity contribution in [3.63, 3.8) is 0 Å². The number of benzene rings is 2. The summed E-state index contributed by atoms with van der Waals surface area (Å²) in [5.74, 6) is 0.462. The number of likely N-dealkylation sites (N-methyl/N-ethyl adjacent to an activating group) is 1. The number of carbonyl (C=O) groups excluding carboxylic acids is 2. The molecule has 0 aliphatic heterocycles. The standard InChI is InChI=1S/C22H27N3O4S/c1-4-23-22(27)17(3)24(13-18-7-5-16(2)6-8-18)21(26)15-30-14-19-9-11-20(12-10-19)25(28)29/h5-12,17H,4,13-15H2,1-3H3,(H,23,27)/t17-/m1/s1. The zero-order valence-electron chi connectivity index (χ0n) is 17.5. The summed E-state index contributed by atoms with van der Waals surface area (Å²) in [6.45, 7) is 6.44. The highest BCUT2D eigenvalue weighted by atomic mass is 32.2. The van der Waals surface area contributed by atoms with Crippen molar-refractivity contribution in [2.24, 2.45) is 0 Å². The second kappa shape index (κ2) is 11.3. The van der Waals surface area contributed by atoms with E-state index in [9.17, 15) is 19.7 Å². The lowest BCUT2D eigenvalue weighted by Crippen LogP contribution is -2.48. The number of carbonyl (C=O) groups is 2. The van der Waals surface area contributed by atoms with Crippen LogP contribution in [-0.2, 0) is 21.9 Å². The first kappa shape index (κ1) is 23.4. The maximum absolute atomic E-state index is 12.9. The SMILES string of the molecule is CCNC(=O)[C@@H](C)N(Cc1ccc(C)cc1)C(=O)CSCc1ccc([N+](=O)[O-])cc1. The molecule has 0 fully saturated rings. The molecule has 7 nitrogen and oxygen atoms in total. The lowest BCUT2D eigenvalue weighted by atomic mass is 10.1. The third-order valence-corrected chi connectivity index (χ3v) is 5.62. The average molecular weight is 430 g/mol. The quantitative estimate of drug-likeness (QED) is 0.459. The maximum atomic E-state index is 12.9. The van der Waals surface area contributed by atoms with Gasteiger partial charge in [0.25, 0.3) is 5.69 Å². The molecule has 0 aromatic heterocycles. The van der Waals surface area contributed by atoms with Crippen LogP contribution in [-0.4, -0.2) is 40.0 Å². The molecule has 0 saturated heterocycles. The Bertz CT molecular complexity index is 869. The lowest BCUT2D eigenvalue weighted by Gasteiger charge is -2.28. The van der Waals surface area contributed by atoms with Gasteiger partial charge in [-0.3, -0.25) is 19.7 Å². The van der Waals surface area contributed by atoms with Crippen LogP contribution in [0, 0.1) is 17.0 Å². The Hall–Kier alpha value is -2.87. The van der Waals surface area contributed by atoms with Crippen LogP contribution in [0.25, 0.3) is 0 Å². The summed E-state index contributed by atoms with van der Waals surface area (Å²) in [7, 11) is 0. The summed E-state index contributed by atoms with van der Waals surface area (Å²) in [5.41, 5.74) is 3.04. The van der Waals surface area contributed by atoms with Gasteiger partial charge in [0.1, 0.15) is 6.04 Å². The number of nitrogens with zero attached hydrogens (tertiary/aromatic N) is 2. The third-order valence-electron chi connectivity index (χ3n) is 4.63. The van der Waals surface area contributed by atoms with Crippen molar-refractivity contribution in [1.29, 1.82) is 0 Å². The van der Waals surface area contributed by atoms with Crippen molar-refractivity contribution in [3.05, 3.63) is 75.3 Å². The molecule has 1 N–H and O–H groups in total. The number of aryl methyl sites for hydroxylation is 1. The van der Waals surface area contributed by atoms with Gasteiger partial charge in [0.15, 0.2) is 0 Å². The van der Waals surface area contributed by atoms with Crippen molar-refractivity contribution >= 4 is 29.3 Å². The Balaban J connectivity index is 2.02. The predicted octanol–water partition coefficient (Wildman–Crippen LogP) is 3.69. The third kappa shape index (κ3) is 6.88. The molecule has 0 unspecified atom stereocenters. The normalized spacial score (nSPS) is 11.6. The summed E-state index contributed by atoms with van der Waals surface area (Å²) in [5, 5.41) is 13.5. The van der Waals surface area contributed by atoms with Gasteiger partial charge in [-0.25, -0.2) is 0 Å². The molecule has 0 bridgehead atoms.